The number of anilines is 1. The van der Waals surface area contributed by atoms with Crippen LogP contribution in [0.15, 0.2) is 78.4 Å². The molecule has 2 saturated heterocycles. The molecule has 10 heteroatoms. The van der Waals surface area contributed by atoms with Crippen LogP contribution in [-0.2, 0) is 24.6 Å². The molecule has 2 aliphatic carbocycles. The van der Waals surface area contributed by atoms with Crippen LogP contribution in [0.3, 0.4) is 0 Å². The molecule has 3 aromatic carbocycles. The van der Waals surface area contributed by atoms with Crippen LogP contribution in [0, 0.1) is 23.7 Å². The fraction of sp³-hybridized carbons (Fsp3) is 0.351. The van der Waals surface area contributed by atoms with Gasteiger partial charge in [0.15, 0.2) is 0 Å². The zero-order chi connectivity index (χ0) is 33.2. The molecule has 242 valence electrons. The maximum atomic E-state index is 15.3. The molecule has 0 bridgehead atoms. The SMILES string of the molecule is CCCN1C(=O)C2CC=C3C(CC4C(=O)N(c5cccc(Cl)c5)C(=O)C4(c4ccccc4)C3c3c(O)cc(OC)cc3OC)C2C1=O. The smallest absolute Gasteiger partial charge is 0.246 e. The van der Waals surface area contributed by atoms with Crippen LogP contribution in [0.2, 0.25) is 5.02 Å². The summed E-state index contributed by atoms with van der Waals surface area (Å²) >= 11 is 6.37. The van der Waals surface area contributed by atoms with Crippen molar-refractivity contribution in [3.8, 4) is 17.2 Å². The third kappa shape index (κ3) is 4.35. The minimum atomic E-state index is -1.54. The van der Waals surface area contributed by atoms with Crippen LogP contribution in [0.1, 0.15) is 43.2 Å². The highest BCUT2D eigenvalue weighted by Gasteiger charge is 2.70. The van der Waals surface area contributed by atoms with E-state index in [0.717, 1.165) is 5.57 Å². The van der Waals surface area contributed by atoms with Crippen molar-refractivity contribution in [2.45, 2.75) is 37.5 Å². The average Bonchev–Trinajstić information content (AvgIpc) is 3.45. The number of phenolic OH excluding ortho intramolecular Hbond substituents is 1. The van der Waals surface area contributed by atoms with Crippen molar-refractivity contribution in [3.63, 3.8) is 0 Å². The van der Waals surface area contributed by atoms with Gasteiger partial charge in [0.05, 0.1) is 43.1 Å². The highest BCUT2D eigenvalue weighted by Crippen LogP contribution is 2.66. The van der Waals surface area contributed by atoms with Gasteiger partial charge in [0.1, 0.15) is 17.2 Å². The van der Waals surface area contributed by atoms with Crippen molar-refractivity contribution in [2.24, 2.45) is 23.7 Å². The Bertz CT molecular complexity index is 1840. The summed E-state index contributed by atoms with van der Waals surface area (Å²) in [7, 11) is 2.94. The van der Waals surface area contributed by atoms with Crippen molar-refractivity contribution < 1.29 is 33.8 Å². The highest BCUT2D eigenvalue weighted by atomic mass is 35.5. The first-order chi connectivity index (χ1) is 22.7. The number of hydrogen-bond donors (Lipinski definition) is 1. The number of rotatable bonds is 7. The summed E-state index contributed by atoms with van der Waals surface area (Å²) in [6.45, 7) is 2.24. The Morgan fingerprint density at radius 3 is 2.36 bits per heavy atom. The number of phenols is 1. The lowest BCUT2D eigenvalue weighted by atomic mass is 9.49. The van der Waals surface area contributed by atoms with E-state index in [1.807, 2.05) is 43.3 Å². The molecular weight excluding hydrogens is 620 g/mol. The number of ether oxygens (including phenoxy) is 2. The van der Waals surface area contributed by atoms with Gasteiger partial charge >= 0.3 is 0 Å². The van der Waals surface area contributed by atoms with Crippen LogP contribution >= 0.6 is 11.6 Å². The summed E-state index contributed by atoms with van der Waals surface area (Å²) in [5.41, 5.74) is 0.437. The second-order valence-corrected chi connectivity index (χ2v) is 13.1. The number of nitrogens with zero attached hydrogens (tertiary/aromatic N) is 2. The summed E-state index contributed by atoms with van der Waals surface area (Å²) in [6, 6.07) is 18.9. The summed E-state index contributed by atoms with van der Waals surface area (Å²) in [6.07, 6.45) is 3.05. The third-order valence-corrected chi connectivity index (χ3v) is 10.8. The molecule has 1 saturated carbocycles. The van der Waals surface area contributed by atoms with Crippen LogP contribution in [-0.4, -0.2) is 54.4 Å². The van der Waals surface area contributed by atoms with E-state index in [-0.39, 0.29) is 29.7 Å². The lowest BCUT2D eigenvalue weighted by molar-refractivity contribution is -0.140. The Morgan fingerprint density at radius 2 is 1.68 bits per heavy atom. The zero-order valence-electron chi connectivity index (χ0n) is 26.3. The number of amides is 4. The van der Waals surface area contributed by atoms with E-state index in [9.17, 15) is 19.5 Å². The molecule has 6 unspecified atom stereocenters. The van der Waals surface area contributed by atoms with E-state index in [2.05, 4.69) is 0 Å². The minimum Gasteiger partial charge on any atom is -0.507 e. The minimum absolute atomic E-state index is 0.165. The van der Waals surface area contributed by atoms with Gasteiger partial charge in [0.25, 0.3) is 0 Å². The molecule has 4 aliphatic rings. The van der Waals surface area contributed by atoms with E-state index in [0.29, 0.717) is 47.0 Å². The number of aromatic hydroxyl groups is 1. The molecule has 47 heavy (non-hydrogen) atoms. The number of allylic oxidation sites excluding steroid dienone is 2. The highest BCUT2D eigenvalue weighted by molar-refractivity contribution is 6.32. The molecule has 2 aliphatic heterocycles. The largest absolute Gasteiger partial charge is 0.507 e. The molecule has 0 radical (unpaired) electrons. The Labute approximate surface area is 277 Å². The van der Waals surface area contributed by atoms with Gasteiger partial charge in [-0.1, -0.05) is 66.6 Å². The quantitative estimate of drug-likeness (QED) is 0.259. The van der Waals surface area contributed by atoms with E-state index < -0.39 is 46.8 Å². The van der Waals surface area contributed by atoms with Gasteiger partial charge < -0.3 is 14.6 Å². The van der Waals surface area contributed by atoms with E-state index in [4.69, 9.17) is 21.1 Å². The van der Waals surface area contributed by atoms with Crippen molar-refractivity contribution in [1.82, 2.24) is 4.90 Å². The van der Waals surface area contributed by atoms with E-state index in [1.54, 1.807) is 30.3 Å². The summed E-state index contributed by atoms with van der Waals surface area (Å²) in [5.74, 6) is -4.58. The normalized spacial score (nSPS) is 28.2. The Hall–Kier alpha value is -4.63. The molecule has 3 fully saturated rings. The van der Waals surface area contributed by atoms with E-state index in [1.165, 1.54) is 30.1 Å². The van der Waals surface area contributed by atoms with Gasteiger partial charge in [-0.05, 0) is 48.9 Å². The van der Waals surface area contributed by atoms with E-state index >= 15 is 4.79 Å². The van der Waals surface area contributed by atoms with Crippen molar-refractivity contribution in [1.29, 1.82) is 0 Å². The molecule has 9 nitrogen and oxygen atoms in total. The van der Waals surface area contributed by atoms with Crippen LogP contribution < -0.4 is 14.4 Å². The molecule has 3 aromatic rings. The zero-order valence-corrected chi connectivity index (χ0v) is 27.1. The standard InChI is InChI=1S/C37H35ClN2O7/c1-4-15-39-33(42)25-14-13-24-26(30(25)35(39)44)19-27-34(43)40(22-12-8-11-21(38)16-22)36(45)37(27,20-9-6-5-7-10-20)32(24)31-28(41)17-23(46-2)18-29(31)47-3/h5-13,16-18,25-27,30,32,41H,4,14-15,19H2,1-3H3. The fourth-order valence-electron chi connectivity index (χ4n) is 8.73. The second kappa shape index (κ2) is 11.6. The topological polar surface area (TPSA) is 113 Å². The number of carbonyl (C=O) groups is 4. The summed E-state index contributed by atoms with van der Waals surface area (Å²) < 4.78 is 11.3. The molecule has 0 spiro atoms. The van der Waals surface area contributed by atoms with Gasteiger partial charge in [0, 0.05) is 35.2 Å². The second-order valence-electron chi connectivity index (χ2n) is 12.7. The fourth-order valence-corrected chi connectivity index (χ4v) is 8.92. The maximum Gasteiger partial charge on any atom is 0.246 e. The number of benzene rings is 3. The van der Waals surface area contributed by atoms with Crippen molar-refractivity contribution in [3.05, 3.63) is 94.5 Å². The van der Waals surface area contributed by atoms with Crippen LogP contribution in [0.5, 0.6) is 17.2 Å². The lowest BCUT2D eigenvalue weighted by Gasteiger charge is -2.51. The summed E-state index contributed by atoms with van der Waals surface area (Å²) in [4.78, 5) is 60.3. The number of fused-ring (bicyclic) bond motifs is 4. The van der Waals surface area contributed by atoms with Gasteiger partial charge in [0.2, 0.25) is 23.6 Å². The van der Waals surface area contributed by atoms with Gasteiger partial charge in [-0.25, -0.2) is 4.90 Å². The maximum absolute atomic E-state index is 15.3. The van der Waals surface area contributed by atoms with Crippen LogP contribution in [0.4, 0.5) is 5.69 Å². The van der Waals surface area contributed by atoms with Gasteiger partial charge in [-0.3, -0.25) is 24.1 Å². The first-order valence-corrected chi connectivity index (χ1v) is 16.3. The number of carbonyl (C=O) groups excluding carboxylic acids is 4. The molecule has 4 amide bonds. The third-order valence-electron chi connectivity index (χ3n) is 10.5. The molecule has 6 atom stereocenters. The first kappa shape index (κ1) is 31.0. The lowest BCUT2D eigenvalue weighted by Crippen LogP contribution is -2.53. The molecule has 1 N–H and O–H groups in total. The number of imide groups is 2. The Kier molecular flexibility index (Phi) is 7.62. The Balaban J connectivity index is 1.54. The first-order valence-electron chi connectivity index (χ1n) is 15.9. The van der Waals surface area contributed by atoms with Crippen molar-refractivity contribution in [2.75, 3.05) is 25.7 Å². The number of likely N-dealkylation sites (tertiary alicyclic amines) is 1. The van der Waals surface area contributed by atoms with Crippen molar-refractivity contribution >= 4 is 40.9 Å². The summed E-state index contributed by atoms with van der Waals surface area (Å²) in [5, 5.41) is 12.1. The molecule has 2 heterocycles. The molecular formula is C37H35ClN2O7. The molecule has 7 rings (SSSR count). The Morgan fingerprint density at radius 1 is 0.915 bits per heavy atom. The van der Waals surface area contributed by atoms with Crippen LogP contribution in [0.25, 0.3) is 0 Å². The predicted octanol–water partition coefficient (Wildman–Crippen LogP) is 5.64. The predicted molar refractivity (Wildman–Crippen MR) is 174 cm³/mol. The number of methoxy groups -OCH3 is 2. The average molecular weight is 655 g/mol. The number of halogens is 1. The molecule has 0 aromatic heterocycles. The van der Waals surface area contributed by atoms with Gasteiger partial charge in [-0.2, -0.15) is 0 Å². The van der Waals surface area contributed by atoms with Gasteiger partial charge in [-0.15, -0.1) is 0 Å². The number of hydrogen-bond acceptors (Lipinski definition) is 7. The monoisotopic (exact) mass is 654 g/mol.